The molecule has 3 heteroatoms. The first-order valence-electron chi connectivity index (χ1n) is 6.86. The second-order valence-corrected chi connectivity index (χ2v) is 6.81. The predicted octanol–water partition coefficient (Wildman–Crippen LogP) is 1.78. The van der Waals surface area contributed by atoms with Crippen LogP contribution in [0, 0.1) is 22.7 Å². The van der Waals surface area contributed by atoms with E-state index in [1.165, 1.54) is 12.8 Å². The topological polar surface area (TPSA) is 41.1 Å². The fourth-order valence-electron chi connectivity index (χ4n) is 3.28. The lowest BCUT2D eigenvalue weighted by Crippen LogP contribution is -2.37. The van der Waals surface area contributed by atoms with Gasteiger partial charge < -0.3 is 10.6 Å². The SMILES string of the molecule is CC1(C)C(C(=O)NCC2CCNCC2)C1(C)C. The van der Waals surface area contributed by atoms with Gasteiger partial charge in [0.2, 0.25) is 5.91 Å². The molecule has 1 aliphatic carbocycles. The molecule has 0 unspecified atom stereocenters. The lowest BCUT2D eigenvalue weighted by atomic mass is 9.98. The second-order valence-electron chi connectivity index (χ2n) is 6.81. The van der Waals surface area contributed by atoms with Crippen molar-refractivity contribution in [3.63, 3.8) is 0 Å². The van der Waals surface area contributed by atoms with Gasteiger partial charge in [-0.2, -0.15) is 0 Å². The zero-order valence-corrected chi connectivity index (χ0v) is 11.6. The van der Waals surface area contributed by atoms with Crippen LogP contribution in [0.2, 0.25) is 0 Å². The highest BCUT2D eigenvalue weighted by molar-refractivity contribution is 5.84. The van der Waals surface area contributed by atoms with E-state index in [0.717, 1.165) is 19.6 Å². The van der Waals surface area contributed by atoms with Crippen molar-refractivity contribution in [3.8, 4) is 0 Å². The number of carbonyl (C=O) groups is 1. The van der Waals surface area contributed by atoms with Crippen molar-refractivity contribution in [2.75, 3.05) is 19.6 Å². The van der Waals surface area contributed by atoms with E-state index >= 15 is 0 Å². The second kappa shape index (κ2) is 4.27. The third-order valence-corrected chi connectivity index (χ3v) is 5.31. The summed E-state index contributed by atoms with van der Waals surface area (Å²) in [6, 6.07) is 0. The fraction of sp³-hybridized carbons (Fsp3) is 0.929. The minimum atomic E-state index is 0.158. The molecule has 1 heterocycles. The van der Waals surface area contributed by atoms with Gasteiger partial charge in [0.25, 0.3) is 0 Å². The van der Waals surface area contributed by atoms with Crippen LogP contribution in [0.3, 0.4) is 0 Å². The van der Waals surface area contributed by atoms with E-state index < -0.39 is 0 Å². The zero-order valence-electron chi connectivity index (χ0n) is 11.6. The van der Waals surface area contributed by atoms with Gasteiger partial charge in [0.1, 0.15) is 0 Å². The number of piperidine rings is 1. The first kappa shape index (κ1) is 12.9. The van der Waals surface area contributed by atoms with Crippen LogP contribution in [0.25, 0.3) is 0 Å². The van der Waals surface area contributed by atoms with E-state index in [-0.39, 0.29) is 22.7 Å². The molecule has 0 aromatic heterocycles. The van der Waals surface area contributed by atoms with Crippen molar-refractivity contribution in [1.29, 1.82) is 0 Å². The van der Waals surface area contributed by atoms with Crippen LogP contribution >= 0.6 is 0 Å². The van der Waals surface area contributed by atoms with Gasteiger partial charge in [-0.3, -0.25) is 4.79 Å². The van der Waals surface area contributed by atoms with E-state index in [0.29, 0.717) is 5.92 Å². The molecule has 0 radical (unpaired) electrons. The Labute approximate surface area is 105 Å². The van der Waals surface area contributed by atoms with E-state index in [9.17, 15) is 4.79 Å². The summed E-state index contributed by atoms with van der Waals surface area (Å²) >= 11 is 0. The van der Waals surface area contributed by atoms with Gasteiger partial charge in [-0.25, -0.2) is 0 Å². The highest BCUT2D eigenvalue weighted by atomic mass is 16.2. The van der Waals surface area contributed by atoms with Crippen LogP contribution < -0.4 is 10.6 Å². The molecule has 2 rings (SSSR count). The minimum Gasteiger partial charge on any atom is -0.356 e. The molecule has 2 N–H and O–H groups in total. The largest absolute Gasteiger partial charge is 0.356 e. The van der Waals surface area contributed by atoms with E-state index in [1.54, 1.807) is 0 Å². The molecule has 0 aromatic rings. The monoisotopic (exact) mass is 238 g/mol. The molecular weight excluding hydrogens is 212 g/mol. The Bertz CT molecular complexity index is 289. The van der Waals surface area contributed by atoms with E-state index in [2.05, 4.69) is 38.3 Å². The molecule has 0 bridgehead atoms. The standard InChI is InChI=1S/C14H26N2O/c1-13(2)11(14(13,3)4)12(17)16-9-10-5-7-15-8-6-10/h10-11,15H,5-9H2,1-4H3,(H,16,17). The summed E-state index contributed by atoms with van der Waals surface area (Å²) < 4.78 is 0. The van der Waals surface area contributed by atoms with Gasteiger partial charge >= 0.3 is 0 Å². The van der Waals surface area contributed by atoms with Gasteiger partial charge in [0, 0.05) is 12.5 Å². The normalized spacial score (nSPS) is 27.8. The summed E-state index contributed by atoms with van der Waals surface area (Å²) in [4.78, 5) is 12.2. The number of hydrogen-bond donors (Lipinski definition) is 2. The molecule has 1 saturated carbocycles. The number of hydrogen-bond acceptors (Lipinski definition) is 2. The van der Waals surface area contributed by atoms with Gasteiger partial charge in [-0.05, 0) is 42.7 Å². The summed E-state index contributed by atoms with van der Waals surface area (Å²) in [5.74, 6) is 1.13. The Kier molecular flexibility index (Phi) is 3.23. The zero-order chi connectivity index (χ0) is 12.7. The molecule has 17 heavy (non-hydrogen) atoms. The summed E-state index contributed by atoms with van der Waals surface area (Å²) in [5, 5.41) is 6.51. The van der Waals surface area contributed by atoms with Crippen LogP contribution in [0.4, 0.5) is 0 Å². The molecule has 0 aromatic carbocycles. The molecular formula is C14H26N2O. The Morgan fingerprint density at radius 2 is 1.71 bits per heavy atom. The molecule has 1 saturated heterocycles. The number of nitrogens with one attached hydrogen (secondary N) is 2. The van der Waals surface area contributed by atoms with Crippen molar-refractivity contribution < 1.29 is 4.79 Å². The lowest BCUT2D eigenvalue weighted by Gasteiger charge is -2.22. The lowest BCUT2D eigenvalue weighted by molar-refractivity contribution is -0.123. The average Bonchev–Trinajstić information content (AvgIpc) is 2.68. The van der Waals surface area contributed by atoms with Crippen LogP contribution in [0.1, 0.15) is 40.5 Å². The number of rotatable bonds is 3. The summed E-state index contributed by atoms with van der Waals surface area (Å²) in [5.41, 5.74) is 0.316. The van der Waals surface area contributed by atoms with Crippen LogP contribution in [-0.4, -0.2) is 25.5 Å². The predicted molar refractivity (Wildman–Crippen MR) is 69.7 cm³/mol. The summed E-state index contributed by atoms with van der Waals surface area (Å²) in [6.07, 6.45) is 2.38. The van der Waals surface area contributed by atoms with E-state index in [4.69, 9.17) is 0 Å². The van der Waals surface area contributed by atoms with Gasteiger partial charge in [-0.15, -0.1) is 0 Å². The van der Waals surface area contributed by atoms with Crippen molar-refractivity contribution in [3.05, 3.63) is 0 Å². The highest BCUT2D eigenvalue weighted by Crippen LogP contribution is 2.68. The van der Waals surface area contributed by atoms with Crippen molar-refractivity contribution in [2.24, 2.45) is 22.7 Å². The number of carbonyl (C=O) groups excluding carboxylic acids is 1. The van der Waals surface area contributed by atoms with Crippen LogP contribution in [0.15, 0.2) is 0 Å². The van der Waals surface area contributed by atoms with Crippen molar-refractivity contribution >= 4 is 5.91 Å². The molecule has 2 fully saturated rings. The molecule has 1 aliphatic heterocycles. The maximum absolute atomic E-state index is 12.2. The Morgan fingerprint density at radius 3 is 2.18 bits per heavy atom. The molecule has 3 nitrogen and oxygen atoms in total. The highest BCUT2D eigenvalue weighted by Gasteiger charge is 2.68. The minimum absolute atomic E-state index is 0.158. The van der Waals surface area contributed by atoms with Gasteiger partial charge in [-0.1, -0.05) is 27.7 Å². The van der Waals surface area contributed by atoms with Crippen molar-refractivity contribution in [2.45, 2.75) is 40.5 Å². The smallest absolute Gasteiger partial charge is 0.224 e. The van der Waals surface area contributed by atoms with Gasteiger partial charge in [0.05, 0.1) is 0 Å². The van der Waals surface area contributed by atoms with Crippen molar-refractivity contribution in [1.82, 2.24) is 10.6 Å². The molecule has 98 valence electrons. The quantitative estimate of drug-likeness (QED) is 0.787. The molecule has 0 spiro atoms. The summed E-state index contributed by atoms with van der Waals surface area (Å²) in [7, 11) is 0. The first-order valence-corrected chi connectivity index (χ1v) is 6.86. The molecule has 0 atom stereocenters. The van der Waals surface area contributed by atoms with Crippen LogP contribution in [-0.2, 0) is 4.79 Å². The Hall–Kier alpha value is -0.570. The fourth-order valence-corrected chi connectivity index (χ4v) is 3.28. The maximum atomic E-state index is 12.2. The first-order chi connectivity index (χ1) is 7.87. The van der Waals surface area contributed by atoms with Crippen LogP contribution in [0.5, 0.6) is 0 Å². The third kappa shape index (κ3) is 2.22. The molecule has 1 amide bonds. The van der Waals surface area contributed by atoms with Gasteiger partial charge in [0.15, 0.2) is 0 Å². The molecule has 2 aliphatic rings. The average molecular weight is 238 g/mol. The Morgan fingerprint density at radius 1 is 1.18 bits per heavy atom. The Balaban J connectivity index is 1.79. The summed E-state index contributed by atoms with van der Waals surface area (Å²) in [6.45, 7) is 11.8. The maximum Gasteiger partial charge on any atom is 0.224 e. The number of amides is 1. The third-order valence-electron chi connectivity index (χ3n) is 5.31. The van der Waals surface area contributed by atoms with E-state index in [1.807, 2.05) is 0 Å².